The fraction of sp³-hybridized carbons (Fsp3) is 0.309. The Morgan fingerprint density at radius 3 is 1.02 bits per heavy atom. The molecule has 84 heavy (non-hydrogen) atoms. The van der Waals surface area contributed by atoms with Gasteiger partial charge >= 0.3 is 0 Å². The fourth-order valence-electron chi connectivity index (χ4n) is 13.6. The Morgan fingerprint density at radius 1 is 0.321 bits per heavy atom. The van der Waals surface area contributed by atoms with Gasteiger partial charge in [-0.2, -0.15) is 0 Å². The lowest BCUT2D eigenvalue weighted by molar-refractivity contribution is 0.487. The van der Waals surface area contributed by atoms with Gasteiger partial charge in [-0.25, -0.2) is 0 Å². The lowest BCUT2D eigenvalue weighted by Crippen LogP contribution is -2.27. The Kier molecular flexibility index (Phi) is 19.3. The second-order valence-corrected chi connectivity index (χ2v) is 32.5. The molecular formula is C81H89P3. The monoisotopic (exact) mass is 1150 g/mol. The summed E-state index contributed by atoms with van der Waals surface area (Å²) in [7, 11) is -1.89. The van der Waals surface area contributed by atoms with E-state index in [1.807, 2.05) is 0 Å². The average Bonchev–Trinajstić information content (AvgIpc) is 1.05. The van der Waals surface area contributed by atoms with Crippen LogP contribution in [-0.4, -0.2) is 11.3 Å². The van der Waals surface area contributed by atoms with Crippen LogP contribution in [0.5, 0.6) is 0 Å². The predicted molar refractivity (Wildman–Crippen MR) is 378 cm³/mol. The molecule has 0 amide bonds. The first-order valence-corrected chi connectivity index (χ1v) is 36.0. The summed E-state index contributed by atoms with van der Waals surface area (Å²) in [6.45, 7) is 23.0. The molecule has 0 spiro atoms. The molecule has 0 heterocycles. The third-order valence-corrected chi connectivity index (χ3v) is 26.8. The van der Waals surface area contributed by atoms with Crippen molar-refractivity contribution in [2.24, 2.45) is 0 Å². The van der Waals surface area contributed by atoms with Crippen LogP contribution >= 0.6 is 23.8 Å². The molecule has 0 aliphatic heterocycles. The molecule has 0 N–H and O–H groups in total. The predicted octanol–water partition coefficient (Wildman–Crippen LogP) is 20.9. The molecule has 2 fully saturated rings. The maximum absolute atomic E-state index is 2.56. The second kappa shape index (κ2) is 27.2. The van der Waals surface area contributed by atoms with Gasteiger partial charge < -0.3 is 0 Å². The van der Waals surface area contributed by atoms with E-state index < -0.39 is 15.8 Å². The largest absolute Gasteiger partial charge is 0.0683 e. The first-order chi connectivity index (χ1) is 40.8. The molecule has 10 aromatic rings. The van der Waals surface area contributed by atoms with Crippen LogP contribution in [-0.2, 0) is 0 Å². The van der Waals surface area contributed by atoms with Crippen molar-refractivity contribution < 1.29 is 0 Å². The Bertz CT molecular complexity index is 3500. The molecule has 0 radical (unpaired) electrons. The van der Waals surface area contributed by atoms with Crippen molar-refractivity contribution in [2.75, 3.05) is 0 Å². The molecule has 0 bridgehead atoms. The van der Waals surface area contributed by atoms with Gasteiger partial charge in [0.1, 0.15) is 0 Å². The van der Waals surface area contributed by atoms with Crippen molar-refractivity contribution in [2.45, 2.75) is 163 Å². The number of rotatable bonds is 14. The SMILES string of the molecule is CC(C)c1cc(C(C)C)c(-c2ccccc2P(C2CCCCC2)C2CCCCC2)c(C(C)C)c1.Cc1ccc(P(c2ccc(C)cc2)c2ccc3ccccc3c2-c2c(P(c3ccc(C)cc3)c3ccc(C)cc3)ccc3ccccc23)cc1. The summed E-state index contributed by atoms with van der Waals surface area (Å²) in [6.07, 6.45) is 14.6. The molecule has 10 aromatic carbocycles. The third-order valence-electron chi connectivity index (χ3n) is 18.2. The highest BCUT2D eigenvalue weighted by Crippen LogP contribution is 2.57. The fourth-order valence-corrected chi connectivity index (χ4v) is 22.4. The molecule has 2 aliphatic rings. The molecular weight excluding hydrogens is 1070 g/mol. The number of benzene rings is 10. The van der Waals surface area contributed by atoms with Crippen LogP contribution in [0.1, 0.15) is 162 Å². The van der Waals surface area contributed by atoms with Gasteiger partial charge in [0.25, 0.3) is 0 Å². The smallest absolute Gasteiger partial charge is 0.000884 e. The molecule has 3 heteroatoms. The van der Waals surface area contributed by atoms with Gasteiger partial charge in [0.15, 0.2) is 0 Å². The van der Waals surface area contributed by atoms with Gasteiger partial charge in [-0.3, -0.25) is 0 Å². The summed E-state index contributed by atoms with van der Waals surface area (Å²) in [5.74, 6) is 1.64. The Morgan fingerprint density at radius 2 is 0.667 bits per heavy atom. The summed E-state index contributed by atoms with van der Waals surface area (Å²) in [5, 5.41) is 15.1. The molecule has 2 saturated carbocycles. The molecule has 2 aliphatic carbocycles. The summed E-state index contributed by atoms with van der Waals surface area (Å²) in [5.41, 5.74) is 17.5. The third kappa shape index (κ3) is 13.1. The molecule has 0 nitrogen and oxygen atoms in total. The quantitative estimate of drug-likeness (QED) is 0.0952. The van der Waals surface area contributed by atoms with Crippen LogP contribution in [0, 0.1) is 27.7 Å². The Balaban J connectivity index is 0.000000189. The van der Waals surface area contributed by atoms with Crippen molar-refractivity contribution in [1.29, 1.82) is 0 Å². The second-order valence-electron chi connectivity index (χ2n) is 25.4. The number of hydrogen-bond donors (Lipinski definition) is 0. The van der Waals surface area contributed by atoms with E-state index in [4.69, 9.17) is 0 Å². The maximum Gasteiger partial charge on any atom is -0.000884 e. The minimum absolute atomic E-state index is 0.120. The van der Waals surface area contributed by atoms with Crippen LogP contribution in [0.15, 0.2) is 206 Å². The minimum atomic E-state index is -0.885. The zero-order valence-corrected chi connectivity index (χ0v) is 54.6. The van der Waals surface area contributed by atoms with E-state index in [-0.39, 0.29) is 7.92 Å². The van der Waals surface area contributed by atoms with Crippen molar-refractivity contribution in [3.63, 3.8) is 0 Å². The lowest BCUT2D eigenvalue weighted by atomic mass is 9.82. The van der Waals surface area contributed by atoms with Gasteiger partial charge in [-0.1, -0.05) is 316 Å². The first kappa shape index (κ1) is 59.7. The highest BCUT2D eigenvalue weighted by Gasteiger charge is 2.35. The van der Waals surface area contributed by atoms with Gasteiger partial charge in [0, 0.05) is 0 Å². The molecule has 0 unspecified atom stereocenters. The van der Waals surface area contributed by atoms with Crippen LogP contribution < -0.4 is 37.1 Å². The van der Waals surface area contributed by atoms with Gasteiger partial charge in [0.05, 0.1) is 0 Å². The highest BCUT2D eigenvalue weighted by atomic mass is 31.1. The maximum atomic E-state index is 2.56. The van der Waals surface area contributed by atoms with Gasteiger partial charge in [-0.05, 0) is 196 Å². The number of aryl methyl sites for hydroxylation is 4. The van der Waals surface area contributed by atoms with Crippen LogP contribution in [0.25, 0.3) is 43.8 Å². The van der Waals surface area contributed by atoms with Crippen LogP contribution in [0.4, 0.5) is 0 Å². The first-order valence-electron chi connectivity index (χ1n) is 31.8. The lowest BCUT2D eigenvalue weighted by Gasteiger charge is -2.40. The van der Waals surface area contributed by atoms with Crippen LogP contribution in [0.3, 0.4) is 0 Å². The van der Waals surface area contributed by atoms with E-state index in [1.54, 1.807) is 27.6 Å². The van der Waals surface area contributed by atoms with E-state index in [1.165, 1.54) is 157 Å². The molecule has 12 rings (SSSR count). The normalized spacial score (nSPS) is 14.4. The summed E-state index contributed by atoms with van der Waals surface area (Å²) >= 11 is 0. The molecule has 0 atom stereocenters. The molecule has 428 valence electrons. The van der Waals surface area contributed by atoms with Crippen molar-refractivity contribution >= 4 is 82.4 Å². The van der Waals surface area contributed by atoms with Crippen molar-refractivity contribution in [3.8, 4) is 22.3 Å². The zero-order chi connectivity index (χ0) is 58.4. The Labute approximate surface area is 509 Å². The van der Waals surface area contributed by atoms with Crippen molar-refractivity contribution in [1.82, 2.24) is 0 Å². The average molecular weight is 1160 g/mol. The molecule has 0 saturated heterocycles. The minimum Gasteiger partial charge on any atom is -0.0683 e. The number of fused-ring (bicyclic) bond motifs is 2. The van der Waals surface area contributed by atoms with E-state index in [0.29, 0.717) is 17.8 Å². The standard InChI is InChI=1S/C48H40P2.C33H49P/c1-33-13-23-39(24-14-33)49(40-25-15-34(2)16-26-40)45-31-21-37-9-5-7-11-43(37)47(45)48-44-12-8-6-10-38(44)22-32-46(48)50(41-27-17-35(3)18-28-41)42-29-19-36(4)20-30-42;1-23(2)26-21-30(24(3)4)33(31(22-26)25(5)6)29-19-13-14-20-32(29)34(27-15-9-7-10-16-27)28-17-11-8-12-18-28/h5-32H,1-4H3;13-14,19-25,27-28H,7-12,15-18H2,1-6H3. The Hall–Kier alpha value is -5.99. The highest BCUT2D eigenvalue weighted by molar-refractivity contribution is 7.81. The summed E-state index contributed by atoms with van der Waals surface area (Å²) in [4.78, 5) is 0. The molecule has 0 aromatic heterocycles. The van der Waals surface area contributed by atoms with E-state index in [2.05, 4.69) is 275 Å². The van der Waals surface area contributed by atoms with Gasteiger partial charge in [0.2, 0.25) is 0 Å². The van der Waals surface area contributed by atoms with E-state index in [0.717, 1.165) is 11.3 Å². The van der Waals surface area contributed by atoms with E-state index in [9.17, 15) is 0 Å². The van der Waals surface area contributed by atoms with Gasteiger partial charge in [-0.15, -0.1) is 0 Å². The topological polar surface area (TPSA) is 0 Å². The van der Waals surface area contributed by atoms with Crippen LogP contribution in [0.2, 0.25) is 0 Å². The zero-order valence-electron chi connectivity index (χ0n) is 51.9. The summed E-state index contributed by atoms with van der Waals surface area (Å²) in [6, 6.07) is 79.5. The summed E-state index contributed by atoms with van der Waals surface area (Å²) < 4.78 is 0. The van der Waals surface area contributed by atoms with E-state index >= 15 is 0 Å². The number of hydrogen-bond acceptors (Lipinski definition) is 0. The van der Waals surface area contributed by atoms with Crippen molar-refractivity contribution in [3.05, 3.63) is 245 Å².